The SMILES string of the molecule is CCC(CC1CC1)Nc1ccc2n[nH]c(=O)n2n1. The van der Waals surface area contributed by atoms with Crippen LogP contribution >= 0.6 is 0 Å². The van der Waals surface area contributed by atoms with E-state index >= 15 is 0 Å². The second-order valence-electron chi connectivity index (χ2n) is 4.95. The summed E-state index contributed by atoms with van der Waals surface area (Å²) in [5.41, 5.74) is 0.240. The fourth-order valence-corrected chi connectivity index (χ4v) is 2.17. The zero-order valence-corrected chi connectivity index (χ0v) is 10.4. The molecule has 1 atom stereocenters. The highest BCUT2D eigenvalue weighted by Crippen LogP contribution is 2.34. The highest BCUT2D eigenvalue weighted by atomic mass is 16.2. The smallest absolute Gasteiger partial charge is 0.364 e. The van der Waals surface area contributed by atoms with Crippen molar-refractivity contribution in [2.75, 3.05) is 5.32 Å². The molecule has 2 N–H and O–H groups in total. The Morgan fingerprint density at radius 3 is 3.11 bits per heavy atom. The van der Waals surface area contributed by atoms with Crippen LogP contribution in [0, 0.1) is 5.92 Å². The van der Waals surface area contributed by atoms with Gasteiger partial charge >= 0.3 is 5.69 Å². The molecule has 1 aliphatic rings. The summed E-state index contributed by atoms with van der Waals surface area (Å²) >= 11 is 0. The van der Waals surface area contributed by atoms with Crippen LogP contribution in [-0.4, -0.2) is 25.9 Å². The van der Waals surface area contributed by atoms with Crippen LogP contribution in [0.1, 0.15) is 32.6 Å². The molecule has 2 aromatic rings. The molecule has 0 aromatic carbocycles. The van der Waals surface area contributed by atoms with Gasteiger partial charge in [-0.25, -0.2) is 9.89 Å². The molecule has 0 bridgehead atoms. The van der Waals surface area contributed by atoms with Crippen molar-refractivity contribution in [3.05, 3.63) is 22.6 Å². The first-order chi connectivity index (χ1) is 8.76. The third-order valence-electron chi connectivity index (χ3n) is 3.43. The summed E-state index contributed by atoms with van der Waals surface area (Å²) in [5.74, 6) is 1.61. The number of aromatic amines is 1. The van der Waals surface area contributed by atoms with Crippen molar-refractivity contribution >= 4 is 11.5 Å². The van der Waals surface area contributed by atoms with Gasteiger partial charge in [0, 0.05) is 6.04 Å². The molecule has 1 aliphatic carbocycles. The molecule has 0 spiro atoms. The number of hydrogen-bond donors (Lipinski definition) is 2. The Hall–Kier alpha value is -1.85. The van der Waals surface area contributed by atoms with E-state index in [0.29, 0.717) is 11.7 Å². The lowest BCUT2D eigenvalue weighted by Gasteiger charge is -2.16. The average Bonchev–Trinajstić information content (AvgIpc) is 3.13. The molecule has 1 unspecified atom stereocenters. The van der Waals surface area contributed by atoms with Gasteiger partial charge in [-0.2, -0.15) is 9.61 Å². The van der Waals surface area contributed by atoms with Crippen LogP contribution < -0.4 is 11.0 Å². The molecule has 18 heavy (non-hydrogen) atoms. The van der Waals surface area contributed by atoms with E-state index in [1.807, 2.05) is 6.07 Å². The van der Waals surface area contributed by atoms with E-state index in [-0.39, 0.29) is 5.69 Å². The molecule has 2 heterocycles. The Bertz CT molecular complexity index is 598. The topological polar surface area (TPSA) is 75.1 Å². The van der Waals surface area contributed by atoms with Crippen molar-refractivity contribution in [2.45, 2.75) is 38.6 Å². The van der Waals surface area contributed by atoms with Crippen LogP contribution in [0.15, 0.2) is 16.9 Å². The summed E-state index contributed by atoms with van der Waals surface area (Å²) in [5, 5.41) is 13.9. The zero-order valence-electron chi connectivity index (χ0n) is 10.4. The van der Waals surface area contributed by atoms with Crippen LogP contribution in [0.5, 0.6) is 0 Å². The predicted molar refractivity (Wildman–Crippen MR) is 68.7 cm³/mol. The van der Waals surface area contributed by atoms with E-state index in [9.17, 15) is 4.79 Å². The van der Waals surface area contributed by atoms with Gasteiger partial charge < -0.3 is 5.32 Å². The predicted octanol–water partition coefficient (Wildman–Crippen LogP) is 1.41. The minimum Gasteiger partial charge on any atom is -0.366 e. The van der Waals surface area contributed by atoms with Gasteiger partial charge in [0.05, 0.1) is 0 Å². The van der Waals surface area contributed by atoms with E-state index in [1.54, 1.807) is 6.07 Å². The minimum atomic E-state index is -0.302. The molecule has 6 nitrogen and oxygen atoms in total. The largest absolute Gasteiger partial charge is 0.366 e. The summed E-state index contributed by atoms with van der Waals surface area (Å²) in [6.07, 6.45) is 4.96. The first-order valence-corrected chi connectivity index (χ1v) is 6.47. The molecule has 6 heteroatoms. The standard InChI is InChI=1S/C12H17N5O/c1-2-9(7-8-3-4-8)13-10-5-6-11-14-15-12(18)17(11)16-10/h5-6,8-9H,2-4,7H2,1H3,(H,13,16)(H,15,18). The summed E-state index contributed by atoms with van der Waals surface area (Å²) < 4.78 is 1.28. The van der Waals surface area contributed by atoms with Crippen molar-refractivity contribution in [1.29, 1.82) is 0 Å². The Labute approximate surface area is 104 Å². The molecule has 2 aromatic heterocycles. The second-order valence-corrected chi connectivity index (χ2v) is 4.95. The van der Waals surface area contributed by atoms with Crippen LogP contribution in [0.25, 0.3) is 5.65 Å². The molecule has 1 fully saturated rings. The molecule has 0 radical (unpaired) electrons. The number of aromatic nitrogens is 4. The van der Waals surface area contributed by atoms with Gasteiger partial charge in [0.25, 0.3) is 0 Å². The number of nitrogens with zero attached hydrogens (tertiary/aromatic N) is 3. The second kappa shape index (κ2) is 4.44. The maximum Gasteiger partial charge on any atom is 0.364 e. The first kappa shape index (κ1) is 11.3. The molecule has 0 amide bonds. The van der Waals surface area contributed by atoms with Gasteiger partial charge in [0.1, 0.15) is 5.82 Å². The maximum absolute atomic E-state index is 11.4. The van der Waals surface area contributed by atoms with Gasteiger partial charge in [0.15, 0.2) is 5.65 Å². The summed E-state index contributed by atoms with van der Waals surface area (Å²) in [6, 6.07) is 4.09. The lowest BCUT2D eigenvalue weighted by atomic mass is 10.1. The van der Waals surface area contributed by atoms with E-state index in [4.69, 9.17) is 0 Å². The number of nitrogens with one attached hydrogen (secondary N) is 2. The van der Waals surface area contributed by atoms with Gasteiger partial charge in [-0.3, -0.25) is 0 Å². The number of fused-ring (bicyclic) bond motifs is 1. The molecule has 0 saturated heterocycles. The third-order valence-corrected chi connectivity index (χ3v) is 3.43. The molecule has 96 valence electrons. The fourth-order valence-electron chi connectivity index (χ4n) is 2.17. The van der Waals surface area contributed by atoms with E-state index < -0.39 is 0 Å². The van der Waals surface area contributed by atoms with Crippen LogP contribution in [0.2, 0.25) is 0 Å². The quantitative estimate of drug-likeness (QED) is 0.837. The normalized spacial score (nSPS) is 16.9. The molecular weight excluding hydrogens is 230 g/mol. The number of hydrogen-bond acceptors (Lipinski definition) is 4. The molecular formula is C12H17N5O. The van der Waals surface area contributed by atoms with Crippen molar-refractivity contribution < 1.29 is 0 Å². The first-order valence-electron chi connectivity index (χ1n) is 6.47. The van der Waals surface area contributed by atoms with Gasteiger partial charge in [-0.1, -0.05) is 19.8 Å². The number of H-pyrrole nitrogens is 1. The summed E-state index contributed by atoms with van der Waals surface area (Å²) in [4.78, 5) is 11.4. The fraction of sp³-hybridized carbons (Fsp3) is 0.583. The average molecular weight is 247 g/mol. The maximum atomic E-state index is 11.4. The molecule has 0 aliphatic heterocycles. The van der Waals surface area contributed by atoms with E-state index in [1.165, 1.54) is 23.8 Å². The van der Waals surface area contributed by atoms with Crippen LogP contribution in [-0.2, 0) is 0 Å². The Kier molecular flexibility index (Phi) is 2.77. The van der Waals surface area contributed by atoms with E-state index in [0.717, 1.165) is 18.2 Å². The highest BCUT2D eigenvalue weighted by molar-refractivity contribution is 5.43. The van der Waals surface area contributed by atoms with Gasteiger partial charge in [0.2, 0.25) is 0 Å². The molecule has 1 saturated carbocycles. The lowest BCUT2D eigenvalue weighted by Crippen LogP contribution is -2.21. The summed E-state index contributed by atoms with van der Waals surface area (Å²) in [6.45, 7) is 2.17. The number of anilines is 1. The van der Waals surface area contributed by atoms with Crippen molar-refractivity contribution in [2.24, 2.45) is 5.92 Å². The lowest BCUT2D eigenvalue weighted by molar-refractivity contribution is 0.583. The van der Waals surface area contributed by atoms with E-state index in [2.05, 4.69) is 27.5 Å². The monoisotopic (exact) mass is 247 g/mol. The minimum absolute atomic E-state index is 0.302. The Morgan fingerprint density at radius 2 is 2.39 bits per heavy atom. The Morgan fingerprint density at radius 1 is 1.56 bits per heavy atom. The summed E-state index contributed by atoms with van der Waals surface area (Å²) in [7, 11) is 0. The Balaban J connectivity index is 1.79. The van der Waals surface area contributed by atoms with Crippen molar-refractivity contribution in [3.8, 4) is 0 Å². The van der Waals surface area contributed by atoms with Crippen molar-refractivity contribution in [1.82, 2.24) is 19.8 Å². The van der Waals surface area contributed by atoms with Gasteiger partial charge in [-0.05, 0) is 30.9 Å². The highest BCUT2D eigenvalue weighted by Gasteiger charge is 2.24. The third kappa shape index (κ3) is 2.23. The number of rotatable bonds is 5. The molecule has 3 rings (SSSR count). The zero-order chi connectivity index (χ0) is 12.5. The van der Waals surface area contributed by atoms with Crippen molar-refractivity contribution in [3.63, 3.8) is 0 Å². The van der Waals surface area contributed by atoms with Gasteiger partial charge in [-0.15, -0.1) is 5.10 Å². The van der Waals surface area contributed by atoms with Crippen LogP contribution in [0.3, 0.4) is 0 Å². The van der Waals surface area contributed by atoms with Crippen LogP contribution in [0.4, 0.5) is 5.82 Å².